The van der Waals surface area contributed by atoms with Crippen LogP contribution in [0, 0.1) is 17.3 Å². The highest BCUT2D eigenvalue weighted by molar-refractivity contribution is 4.86. The first-order valence-electron chi connectivity index (χ1n) is 8.98. The van der Waals surface area contributed by atoms with Crippen LogP contribution in [0.1, 0.15) is 66.7 Å². The normalized spacial score (nSPS) is 21.0. The largest absolute Gasteiger partial charge is 0.316 e. The maximum Gasteiger partial charge on any atom is 0.00501 e. The van der Waals surface area contributed by atoms with Gasteiger partial charge in [0.2, 0.25) is 0 Å². The van der Waals surface area contributed by atoms with Gasteiger partial charge in [-0.2, -0.15) is 0 Å². The molecule has 0 spiro atoms. The van der Waals surface area contributed by atoms with Crippen molar-refractivity contribution in [2.45, 2.75) is 66.7 Å². The van der Waals surface area contributed by atoms with Gasteiger partial charge < -0.3 is 10.2 Å². The van der Waals surface area contributed by atoms with Gasteiger partial charge in [-0.1, -0.05) is 41.0 Å². The van der Waals surface area contributed by atoms with Crippen LogP contribution in [-0.2, 0) is 0 Å². The molecular formula is C18H38N2. The van der Waals surface area contributed by atoms with Crippen LogP contribution in [0.2, 0.25) is 0 Å². The third-order valence-electron chi connectivity index (χ3n) is 5.18. The predicted molar refractivity (Wildman–Crippen MR) is 90.2 cm³/mol. The van der Waals surface area contributed by atoms with Crippen molar-refractivity contribution in [2.75, 3.05) is 32.7 Å². The Hall–Kier alpha value is -0.0800. The maximum atomic E-state index is 3.71. The number of likely N-dealkylation sites (tertiary alicyclic amines) is 1. The van der Waals surface area contributed by atoms with E-state index in [9.17, 15) is 0 Å². The third-order valence-corrected chi connectivity index (χ3v) is 5.18. The second-order valence-corrected chi connectivity index (χ2v) is 7.41. The molecule has 1 aliphatic rings. The SMILES string of the molecule is CCCC1CCN(CC(CC)(CC)CNCC(C)C)C1. The highest BCUT2D eigenvalue weighted by atomic mass is 15.2. The monoisotopic (exact) mass is 282 g/mol. The Bertz CT molecular complexity index is 246. The van der Waals surface area contributed by atoms with Crippen LogP contribution in [-0.4, -0.2) is 37.6 Å². The van der Waals surface area contributed by atoms with Crippen molar-refractivity contribution in [1.29, 1.82) is 0 Å². The van der Waals surface area contributed by atoms with Gasteiger partial charge in [0.25, 0.3) is 0 Å². The molecule has 1 rings (SSSR count). The fourth-order valence-electron chi connectivity index (χ4n) is 3.58. The summed E-state index contributed by atoms with van der Waals surface area (Å²) in [4.78, 5) is 2.74. The quantitative estimate of drug-likeness (QED) is 0.647. The molecule has 2 nitrogen and oxygen atoms in total. The number of rotatable bonds is 10. The molecule has 0 amide bonds. The molecule has 120 valence electrons. The highest BCUT2D eigenvalue weighted by Crippen LogP contribution is 2.30. The van der Waals surface area contributed by atoms with E-state index >= 15 is 0 Å². The lowest BCUT2D eigenvalue weighted by molar-refractivity contribution is 0.149. The van der Waals surface area contributed by atoms with Crippen molar-refractivity contribution in [2.24, 2.45) is 17.3 Å². The van der Waals surface area contributed by atoms with E-state index in [1.807, 2.05) is 0 Å². The molecule has 2 heteroatoms. The van der Waals surface area contributed by atoms with Crippen molar-refractivity contribution in [3.05, 3.63) is 0 Å². The van der Waals surface area contributed by atoms with Crippen molar-refractivity contribution in [1.82, 2.24) is 10.2 Å². The van der Waals surface area contributed by atoms with Crippen LogP contribution in [0.15, 0.2) is 0 Å². The molecule has 1 unspecified atom stereocenters. The van der Waals surface area contributed by atoms with E-state index in [1.54, 1.807) is 0 Å². The Morgan fingerprint density at radius 3 is 2.45 bits per heavy atom. The first-order chi connectivity index (χ1) is 9.55. The van der Waals surface area contributed by atoms with Crippen LogP contribution >= 0.6 is 0 Å². The van der Waals surface area contributed by atoms with Gasteiger partial charge in [-0.15, -0.1) is 0 Å². The molecule has 20 heavy (non-hydrogen) atoms. The number of nitrogens with zero attached hydrogens (tertiary/aromatic N) is 1. The molecule has 1 heterocycles. The average molecular weight is 283 g/mol. The summed E-state index contributed by atoms with van der Waals surface area (Å²) in [6, 6.07) is 0. The van der Waals surface area contributed by atoms with Crippen molar-refractivity contribution in [3.63, 3.8) is 0 Å². The van der Waals surface area contributed by atoms with Gasteiger partial charge in [-0.3, -0.25) is 0 Å². The lowest BCUT2D eigenvalue weighted by Crippen LogP contribution is -2.43. The van der Waals surface area contributed by atoms with Crippen molar-refractivity contribution < 1.29 is 0 Å². The van der Waals surface area contributed by atoms with Gasteiger partial charge in [0.05, 0.1) is 0 Å². The van der Waals surface area contributed by atoms with Crippen LogP contribution in [0.4, 0.5) is 0 Å². The van der Waals surface area contributed by atoms with E-state index in [0.29, 0.717) is 5.41 Å². The molecule has 0 radical (unpaired) electrons. The number of hydrogen-bond donors (Lipinski definition) is 1. The molecule has 1 fully saturated rings. The van der Waals surface area contributed by atoms with E-state index < -0.39 is 0 Å². The van der Waals surface area contributed by atoms with E-state index in [1.165, 1.54) is 58.3 Å². The molecule has 0 aromatic carbocycles. The fourth-order valence-corrected chi connectivity index (χ4v) is 3.58. The van der Waals surface area contributed by atoms with E-state index in [2.05, 4.69) is 44.8 Å². The summed E-state index contributed by atoms with van der Waals surface area (Å²) in [5.41, 5.74) is 0.482. The molecule has 1 saturated heterocycles. The zero-order chi connectivity index (χ0) is 15.0. The van der Waals surface area contributed by atoms with Crippen LogP contribution < -0.4 is 5.32 Å². The molecule has 1 N–H and O–H groups in total. The van der Waals surface area contributed by atoms with Gasteiger partial charge in [0, 0.05) is 19.6 Å². The maximum absolute atomic E-state index is 3.71. The minimum Gasteiger partial charge on any atom is -0.316 e. The minimum absolute atomic E-state index is 0.482. The fraction of sp³-hybridized carbons (Fsp3) is 1.00. The summed E-state index contributed by atoms with van der Waals surface area (Å²) in [6.07, 6.45) is 6.79. The molecule has 0 bridgehead atoms. The smallest absolute Gasteiger partial charge is 0.00501 e. The van der Waals surface area contributed by atoms with E-state index in [0.717, 1.165) is 18.4 Å². The zero-order valence-electron chi connectivity index (χ0n) is 14.7. The van der Waals surface area contributed by atoms with E-state index in [-0.39, 0.29) is 0 Å². The lowest BCUT2D eigenvalue weighted by atomic mass is 9.81. The summed E-state index contributed by atoms with van der Waals surface area (Å²) < 4.78 is 0. The summed E-state index contributed by atoms with van der Waals surface area (Å²) in [5, 5.41) is 3.71. The summed E-state index contributed by atoms with van der Waals surface area (Å²) in [5.74, 6) is 1.72. The Balaban J connectivity index is 2.45. The Labute approximate surface area is 127 Å². The Morgan fingerprint density at radius 2 is 1.90 bits per heavy atom. The summed E-state index contributed by atoms with van der Waals surface area (Å²) in [7, 11) is 0. The van der Waals surface area contributed by atoms with Gasteiger partial charge in [0.15, 0.2) is 0 Å². The molecule has 1 aliphatic heterocycles. The van der Waals surface area contributed by atoms with Crippen LogP contribution in [0.3, 0.4) is 0 Å². The number of hydrogen-bond acceptors (Lipinski definition) is 2. The molecule has 0 aliphatic carbocycles. The van der Waals surface area contributed by atoms with E-state index in [4.69, 9.17) is 0 Å². The van der Waals surface area contributed by atoms with Crippen molar-refractivity contribution in [3.8, 4) is 0 Å². The zero-order valence-corrected chi connectivity index (χ0v) is 14.7. The van der Waals surface area contributed by atoms with Crippen molar-refractivity contribution >= 4 is 0 Å². The second kappa shape index (κ2) is 9.04. The number of nitrogens with one attached hydrogen (secondary N) is 1. The van der Waals surface area contributed by atoms with Gasteiger partial charge in [0.1, 0.15) is 0 Å². The van der Waals surface area contributed by atoms with Gasteiger partial charge in [-0.25, -0.2) is 0 Å². The third kappa shape index (κ3) is 5.73. The first-order valence-corrected chi connectivity index (χ1v) is 8.98. The summed E-state index contributed by atoms with van der Waals surface area (Å²) >= 11 is 0. The van der Waals surface area contributed by atoms with Crippen LogP contribution in [0.5, 0.6) is 0 Å². The van der Waals surface area contributed by atoms with Crippen LogP contribution in [0.25, 0.3) is 0 Å². The minimum atomic E-state index is 0.482. The molecular weight excluding hydrogens is 244 g/mol. The molecule has 1 atom stereocenters. The second-order valence-electron chi connectivity index (χ2n) is 7.41. The molecule has 0 saturated carbocycles. The standard InChI is InChI=1S/C18H38N2/c1-6-9-17-10-11-20(13-17)15-18(7-2,8-3)14-19-12-16(4)5/h16-17,19H,6-15H2,1-5H3. The lowest BCUT2D eigenvalue weighted by Gasteiger charge is -2.36. The Morgan fingerprint density at radius 1 is 1.20 bits per heavy atom. The predicted octanol–water partition coefficient (Wildman–Crippen LogP) is 4.16. The molecule has 0 aromatic heterocycles. The van der Waals surface area contributed by atoms with Gasteiger partial charge >= 0.3 is 0 Å². The highest BCUT2D eigenvalue weighted by Gasteiger charge is 2.31. The Kier molecular flexibility index (Phi) is 8.13. The first kappa shape index (κ1) is 18.0. The van der Waals surface area contributed by atoms with Gasteiger partial charge in [-0.05, 0) is 56.0 Å². The topological polar surface area (TPSA) is 15.3 Å². The summed E-state index contributed by atoms with van der Waals surface area (Å²) in [6.45, 7) is 18.0. The molecule has 0 aromatic rings. The average Bonchev–Trinajstić information content (AvgIpc) is 2.85.